The summed E-state index contributed by atoms with van der Waals surface area (Å²) in [6, 6.07) is 0.0850. The van der Waals surface area contributed by atoms with Crippen molar-refractivity contribution in [2.45, 2.75) is 69.4 Å². The van der Waals surface area contributed by atoms with Crippen molar-refractivity contribution in [2.75, 3.05) is 6.54 Å². The Bertz CT molecular complexity index is 338. The quantitative estimate of drug-likeness (QED) is 0.801. The first kappa shape index (κ1) is 12.2. The van der Waals surface area contributed by atoms with E-state index in [2.05, 4.69) is 10.6 Å². The van der Waals surface area contributed by atoms with E-state index in [1.807, 2.05) is 0 Å². The van der Waals surface area contributed by atoms with E-state index >= 15 is 0 Å². The number of rotatable bonds is 2. The van der Waals surface area contributed by atoms with Crippen LogP contribution >= 0.6 is 0 Å². The van der Waals surface area contributed by atoms with E-state index in [0.717, 1.165) is 30.7 Å². The zero-order valence-electron chi connectivity index (χ0n) is 11.8. The Labute approximate surface area is 115 Å². The van der Waals surface area contributed by atoms with Gasteiger partial charge in [-0.2, -0.15) is 0 Å². The van der Waals surface area contributed by atoms with Crippen molar-refractivity contribution in [1.82, 2.24) is 10.6 Å². The van der Waals surface area contributed by atoms with Gasteiger partial charge < -0.3 is 10.6 Å². The molecule has 4 bridgehead atoms. The van der Waals surface area contributed by atoms with Gasteiger partial charge in [-0.15, -0.1) is 0 Å². The maximum atomic E-state index is 12.5. The summed E-state index contributed by atoms with van der Waals surface area (Å²) >= 11 is 0. The molecule has 3 nitrogen and oxygen atoms in total. The molecule has 1 amide bonds. The topological polar surface area (TPSA) is 41.1 Å². The lowest BCUT2D eigenvalue weighted by molar-refractivity contribution is -0.129. The molecule has 4 aliphatic carbocycles. The van der Waals surface area contributed by atoms with Gasteiger partial charge in [-0.25, -0.2) is 0 Å². The highest BCUT2D eigenvalue weighted by atomic mass is 16.2. The highest BCUT2D eigenvalue weighted by molar-refractivity contribution is 5.82. The Balaban J connectivity index is 1.45. The second-order valence-corrected chi connectivity index (χ2v) is 7.69. The molecule has 4 saturated carbocycles. The standard InChI is InChI=1S/C16H26N2O/c19-15(14-3-1-2-4-17-14)18-16-8-11-5-12(9-16)7-13(6-11)10-16/h11-14,17H,1-10H2,(H,18,19)/t11?,12?,13?,14-,16?/m1/s1. The Morgan fingerprint density at radius 3 is 2.16 bits per heavy atom. The first-order chi connectivity index (χ1) is 9.22. The molecule has 5 fully saturated rings. The van der Waals surface area contributed by atoms with E-state index in [0.29, 0.717) is 5.91 Å². The lowest BCUT2D eigenvalue weighted by atomic mass is 9.53. The molecule has 2 N–H and O–H groups in total. The van der Waals surface area contributed by atoms with Crippen molar-refractivity contribution in [1.29, 1.82) is 0 Å². The number of piperidine rings is 1. The molecule has 1 atom stereocenters. The van der Waals surface area contributed by atoms with Crippen molar-refractivity contribution in [2.24, 2.45) is 17.8 Å². The van der Waals surface area contributed by atoms with Gasteiger partial charge in [0.1, 0.15) is 0 Å². The molecule has 0 aromatic heterocycles. The number of carbonyl (C=O) groups excluding carboxylic acids is 1. The molecule has 3 heteroatoms. The average Bonchev–Trinajstić information content (AvgIpc) is 2.37. The monoisotopic (exact) mass is 262 g/mol. The SMILES string of the molecule is O=C(NC12CC3CC(CC(C3)C1)C2)[C@H]1CCCCN1. The molecule has 0 aromatic carbocycles. The Morgan fingerprint density at radius 2 is 1.63 bits per heavy atom. The fraction of sp³-hybridized carbons (Fsp3) is 0.938. The average molecular weight is 262 g/mol. The summed E-state index contributed by atoms with van der Waals surface area (Å²) in [5.74, 6) is 3.02. The van der Waals surface area contributed by atoms with Gasteiger partial charge in [-0.1, -0.05) is 6.42 Å². The number of nitrogens with one attached hydrogen (secondary N) is 2. The van der Waals surface area contributed by atoms with Crippen molar-refractivity contribution in [3.05, 3.63) is 0 Å². The Morgan fingerprint density at radius 1 is 1.00 bits per heavy atom. The molecule has 1 aliphatic heterocycles. The molecule has 5 rings (SSSR count). The predicted molar refractivity (Wildman–Crippen MR) is 74.7 cm³/mol. The third-order valence-electron chi connectivity index (χ3n) is 6.05. The van der Waals surface area contributed by atoms with Crippen LogP contribution in [0.25, 0.3) is 0 Å². The number of carbonyl (C=O) groups is 1. The van der Waals surface area contributed by atoms with Gasteiger partial charge in [0.25, 0.3) is 0 Å². The van der Waals surface area contributed by atoms with Gasteiger partial charge in [0.15, 0.2) is 0 Å². The second kappa shape index (κ2) is 4.47. The Hall–Kier alpha value is -0.570. The minimum absolute atomic E-state index is 0.0850. The summed E-state index contributed by atoms with van der Waals surface area (Å²) in [5, 5.41) is 6.88. The van der Waals surface area contributed by atoms with Crippen molar-refractivity contribution in [3.8, 4) is 0 Å². The van der Waals surface area contributed by atoms with Crippen LogP contribution in [0.4, 0.5) is 0 Å². The molecule has 0 unspecified atom stereocenters. The van der Waals surface area contributed by atoms with Crippen LogP contribution in [0, 0.1) is 17.8 Å². The van der Waals surface area contributed by atoms with E-state index in [1.54, 1.807) is 0 Å². The fourth-order valence-electron chi connectivity index (χ4n) is 5.69. The second-order valence-electron chi connectivity index (χ2n) is 7.69. The minimum Gasteiger partial charge on any atom is -0.349 e. The van der Waals surface area contributed by atoms with Crippen LogP contribution in [-0.2, 0) is 4.79 Å². The molecular weight excluding hydrogens is 236 g/mol. The summed E-state index contributed by atoms with van der Waals surface area (Å²) in [5.41, 5.74) is 0.185. The predicted octanol–water partition coefficient (Wildman–Crippen LogP) is 2.21. The highest BCUT2D eigenvalue weighted by Crippen LogP contribution is 2.55. The maximum absolute atomic E-state index is 12.5. The zero-order chi connectivity index (χ0) is 12.9. The third-order valence-corrected chi connectivity index (χ3v) is 6.05. The summed E-state index contributed by atoms with van der Waals surface area (Å²) in [4.78, 5) is 12.5. The summed E-state index contributed by atoms with van der Waals surface area (Å²) in [6.07, 6.45) is 11.6. The van der Waals surface area contributed by atoms with E-state index in [1.165, 1.54) is 51.4 Å². The largest absolute Gasteiger partial charge is 0.349 e. The lowest BCUT2D eigenvalue weighted by Crippen LogP contribution is -2.62. The van der Waals surface area contributed by atoms with E-state index in [4.69, 9.17) is 0 Å². The molecule has 0 radical (unpaired) electrons. The molecule has 19 heavy (non-hydrogen) atoms. The van der Waals surface area contributed by atoms with Gasteiger partial charge in [-0.3, -0.25) is 4.79 Å². The molecule has 0 spiro atoms. The number of hydrogen-bond acceptors (Lipinski definition) is 2. The molecule has 1 heterocycles. The maximum Gasteiger partial charge on any atom is 0.237 e. The summed E-state index contributed by atoms with van der Waals surface area (Å²) < 4.78 is 0. The summed E-state index contributed by atoms with van der Waals surface area (Å²) in [6.45, 7) is 1.01. The van der Waals surface area contributed by atoms with Crippen LogP contribution < -0.4 is 10.6 Å². The first-order valence-corrected chi connectivity index (χ1v) is 8.28. The van der Waals surface area contributed by atoms with Crippen LogP contribution in [0.15, 0.2) is 0 Å². The molecule has 5 aliphatic rings. The first-order valence-electron chi connectivity index (χ1n) is 8.28. The fourth-order valence-corrected chi connectivity index (χ4v) is 5.69. The molecule has 0 aromatic rings. The lowest BCUT2D eigenvalue weighted by Gasteiger charge is -2.57. The van der Waals surface area contributed by atoms with Crippen LogP contribution in [0.5, 0.6) is 0 Å². The van der Waals surface area contributed by atoms with Crippen LogP contribution in [-0.4, -0.2) is 24.0 Å². The van der Waals surface area contributed by atoms with Crippen molar-refractivity contribution in [3.63, 3.8) is 0 Å². The van der Waals surface area contributed by atoms with E-state index in [9.17, 15) is 4.79 Å². The normalized spacial score (nSPS) is 48.2. The van der Waals surface area contributed by atoms with Gasteiger partial charge in [0.05, 0.1) is 6.04 Å². The number of amides is 1. The Kier molecular flexibility index (Phi) is 2.87. The number of hydrogen-bond donors (Lipinski definition) is 2. The van der Waals surface area contributed by atoms with Crippen molar-refractivity contribution >= 4 is 5.91 Å². The van der Waals surface area contributed by atoms with Gasteiger partial charge in [0.2, 0.25) is 5.91 Å². The van der Waals surface area contributed by atoms with Crippen LogP contribution in [0.3, 0.4) is 0 Å². The minimum atomic E-state index is 0.0850. The highest BCUT2D eigenvalue weighted by Gasteiger charge is 2.51. The molecular formula is C16H26N2O. The van der Waals surface area contributed by atoms with Crippen LogP contribution in [0.1, 0.15) is 57.8 Å². The van der Waals surface area contributed by atoms with Gasteiger partial charge >= 0.3 is 0 Å². The smallest absolute Gasteiger partial charge is 0.237 e. The summed E-state index contributed by atoms with van der Waals surface area (Å²) in [7, 11) is 0. The molecule has 106 valence electrons. The third kappa shape index (κ3) is 2.20. The van der Waals surface area contributed by atoms with Crippen molar-refractivity contribution < 1.29 is 4.79 Å². The zero-order valence-corrected chi connectivity index (χ0v) is 11.8. The van der Waals surface area contributed by atoms with Crippen LogP contribution in [0.2, 0.25) is 0 Å². The van der Waals surface area contributed by atoms with Gasteiger partial charge in [0, 0.05) is 5.54 Å². The molecule has 1 saturated heterocycles. The van der Waals surface area contributed by atoms with E-state index in [-0.39, 0.29) is 11.6 Å². The van der Waals surface area contributed by atoms with E-state index < -0.39 is 0 Å². The van der Waals surface area contributed by atoms with Gasteiger partial charge in [-0.05, 0) is 75.7 Å².